The summed E-state index contributed by atoms with van der Waals surface area (Å²) in [6, 6.07) is 7.46. The summed E-state index contributed by atoms with van der Waals surface area (Å²) in [5.74, 6) is -0.981. The molecule has 5 heteroatoms. The Labute approximate surface area is 101 Å². The first kappa shape index (κ1) is 10.9. The van der Waals surface area contributed by atoms with Crippen LogP contribution in [0.2, 0.25) is 0 Å². The zero-order chi connectivity index (χ0) is 11.7. The van der Waals surface area contributed by atoms with Gasteiger partial charge in [-0.15, -0.1) is 0 Å². The number of halogens is 1. The van der Waals surface area contributed by atoms with Crippen LogP contribution in [0.4, 0.5) is 0 Å². The quantitative estimate of drug-likeness (QED) is 0.920. The van der Waals surface area contributed by atoms with Crippen LogP contribution in [-0.4, -0.2) is 20.9 Å². The number of carboxylic acids is 1. The Balaban J connectivity index is 2.66. The van der Waals surface area contributed by atoms with Gasteiger partial charge in [-0.25, -0.2) is 4.79 Å². The Bertz CT molecular complexity index is 549. The first-order valence-corrected chi connectivity index (χ1v) is 5.40. The van der Waals surface area contributed by atoms with E-state index < -0.39 is 5.97 Å². The lowest BCUT2D eigenvalue weighted by molar-refractivity contribution is 0.0686. The zero-order valence-electron chi connectivity index (χ0n) is 8.51. The normalized spacial score (nSPS) is 10.4. The van der Waals surface area contributed by atoms with E-state index in [9.17, 15) is 4.79 Å². The zero-order valence-corrected chi connectivity index (χ0v) is 10.1. The van der Waals surface area contributed by atoms with Gasteiger partial charge in [-0.05, 0) is 11.6 Å². The molecule has 0 saturated carbocycles. The molecule has 0 amide bonds. The minimum Gasteiger partial charge on any atom is -0.477 e. The van der Waals surface area contributed by atoms with Gasteiger partial charge < -0.3 is 5.11 Å². The molecule has 4 nitrogen and oxygen atoms in total. The number of benzene rings is 1. The van der Waals surface area contributed by atoms with E-state index in [1.54, 1.807) is 13.2 Å². The molecule has 0 aliphatic heterocycles. The molecule has 0 atom stereocenters. The number of aryl methyl sites for hydroxylation is 1. The maximum Gasteiger partial charge on any atom is 0.354 e. The molecule has 2 aromatic rings. The Morgan fingerprint density at radius 3 is 2.69 bits per heavy atom. The third-order valence-electron chi connectivity index (χ3n) is 2.31. The predicted octanol–water partition coefficient (Wildman–Crippen LogP) is 2.55. The minimum atomic E-state index is -0.981. The third kappa shape index (κ3) is 1.74. The predicted molar refractivity (Wildman–Crippen MR) is 63.3 cm³/mol. The molecule has 0 unspecified atom stereocenters. The number of rotatable bonds is 2. The third-order valence-corrected chi connectivity index (χ3v) is 3.00. The summed E-state index contributed by atoms with van der Waals surface area (Å²) in [5, 5.41) is 13.1. The molecule has 1 N–H and O–H groups in total. The van der Waals surface area contributed by atoms with Crippen molar-refractivity contribution in [3.8, 4) is 11.1 Å². The first-order chi connectivity index (χ1) is 7.61. The highest BCUT2D eigenvalue weighted by atomic mass is 79.9. The van der Waals surface area contributed by atoms with Crippen molar-refractivity contribution in [2.45, 2.75) is 0 Å². The van der Waals surface area contributed by atoms with Crippen molar-refractivity contribution in [2.24, 2.45) is 7.05 Å². The maximum absolute atomic E-state index is 11.1. The van der Waals surface area contributed by atoms with Gasteiger partial charge in [-0.1, -0.05) is 34.1 Å². The van der Waals surface area contributed by atoms with Crippen molar-refractivity contribution >= 4 is 21.9 Å². The number of hydrogen-bond acceptors (Lipinski definition) is 2. The standard InChI is InChI=1S/C11H9BrN2O2/c1-14-10(11(15)16)8(6-13-14)7-4-2-3-5-9(7)12/h2-6H,1H3,(H,15,16). The van der Waals surface area contributed by atoms with Crippen molar-refractivity contribution in [3.63, 3.8) is 0 Å². The van der Waals surface area contributed by atoms with E-state index in [0.717, 1.165) is 10.0 Å². The van der Waals surface area contributed by atoms with Gasteiger partial charge >= 0.3 is 5.97 Å². The van der Waals surface area contributed by atoms with Crippen LogP contribution in [-0.2, 0) is 7.05 Å². The second-order valence-corrected chi connectivity index (χ2v) is 4.17. The number of hydrogen-bond donors (Lipinski definition) is 1. The van der Waals surface area contributed by atoms with Gasteiger partial charge in [0.25, 0.3) is 0 Å². The molecule has 1 aromatic heterocycles. The van der Waals surface area contributed by atoms with Crippen LogP contribution in [0.3, 0.4) is 0 Å². The molecule has 16 heavy (non-hydrogen) atoms. The van der Waals surface area contributed by atoms with Crippen molar-refractivity contribution < 1.29 is 9.90 Å². The topological polar surface area (TPSA) is 55.1 Å². The molecule has 0 fully saturated rings. The van der Waals surface area contributed by atoms with Gasteiger partial charge in [0.05, 0.1) is 6.20 Å². The van der Waals surface area contributed by atoms with Gasteiger partial charge in [0.1, 0.15) is 0 Å². The van der Waals surface area contributed by atoms with Crippen molar-refractivity contribution in [3.05, 3.63) is 40.6 Å². The van der Waals surface area contributed by atoms with Crippen LogP contribution in [0, 0.1) is 0 Å². The van der Waals surface area contributed by atoms with Gasteiger partial charge in [0.2, 0.25) is 0 Å². The highest BCUT2D eigenvalue weighted by Crippen LogP contribution is 2.30. The molecule has 1 heterocycles. The average Bonchev–Trinajstić information content (AvgIpc) is 2.61. The molecule has 0 aliphatic carbocycles. The Hall–Kier alpha value is -1.62. The number of carbonyl (C=O) groups is 1. The van der Waals surface area contributed by atoms with Gasteiger partial charge in [-0.2, -0.15) is 5.10 Å². The molecule has 2 rings (SSSR count). The number of nitrogens with zero attached hydrogens (tertiary/aromatic N) is 2. The molecule has 0 radical (unpaired) electrons. The maximum atomic E-state index is 11.1. The van der Waals surface area contributed by atoms with Crippen LogP contribution in [0.25, 0.3) is 11.1 Å². The number of aromatic carboxylic acids is 1. The highest BCUT2D eigenvalue weighted by Gasteiger charge is 2.18. The van der Waals surface area contributed by atoms with E-state index in [2.05, 4.69) is 21.0 Å². The molecule has 0 bridgehead atoms. The lowest BCUT2D eigenvalue weighted by atomic mass is 10.1. The summed E-state index contributed by atoms with van der Waals surface area (Å²) in [6.45, 7) is 0. The van der Waals surface area contributed by atoms with Crippen LogP contribution in [0.15, 0.2) is 34.9 Å². The van der Waals surface area contributed by atoms with Crippen molar-refractivity contribution in [1.29, 1.82) is 0 Å². The molecular weight excluding hydrogens is 272 g/mol. The fourth-order valence-electron chi connectivity index (χ4n) is 1.57. The Kier molecular flexibility index (Phi) is 2.78. The van der Waals surface area contributed by atoms with Gasteiger partial charge in [0.15, 0.2) is 5.69 Å². The van der Waals surface area contributed by atoms with E-state index in [1.807, 2.05) is 24.3 Å². The van der Waals surface area contributed by atoms with Crippen molar-refractivity contribution in [2.75, 3.05) is 0 Å². The van der Waals surface area contributed by atoms with Crippen LogP contribution < -0.4 is 0 Å². The van der Waals surface area contributed by atoms with Crippen molar-refractivity contribution in [1.82, 2.24) is 9.78 Å². The first-order valence-electron chi connectivity index (χ1n) is 4.61. The highest BCUT2D eigenvalue weighted by molar-refractivity contribution is 9.10. The van der Waals surface area contributed by atoms with Crippen LogP contribution in [0.5, 0.6) is 0 Å². The van der Waals surface area contributed by atoms with Crippen LogP contribution in [0.1, 0.15) is 10.5 Å². The monoisotopic (exact) mass is 280 g/mol. The molecule has 0 aliphatic rings. The number of aromatic nitrogens is 2. The van der Waals surface area contributed by atoms with E-state index in [0.29, 0.717) is 5.56 Å². The van der Waals surface area contributed by atoms with E-state index >= 15 is 0 Å². The molecule has 82 valence electrons. The van der Waals surface area contributed by atoms with E-state index in [4.69, 9.17) is 5.11 Å². The Morgan fingerprint density at radius 2 is 2.06 bits per heavy atom. The summed E-state index contributed by atoms with van der Waals surface area (Å²) in [6.07, 6.45) is 1.56. The lowest BCUT2D eigenvalue weighted by Crippen LogP contribution is -2.06. The lowest BCUT2D eigenvalue weighted by Gasteiger charge is -2.03. The van der Waals surface area contributed by atoms with Gasteiger partial charge in [-0.3, -0.25) is 4.68 Å². The summed E-state index contributed by atoms with van der Waals surface area (Å²) in [7, 11) is 1.61. The van der Waals surface area contributed by atoms with E-state index in [1.165, 1.54) is 4.68 Å². The molecule has 0 spiro atoms. The summed E-state index contributed by atoms with van der Waals surface area (Å²) in [4.78, 5) is 11.1. The average molecular weight is 281 g/mol. The SMILES string of the molecule is Cn1ncc(-c2ccccc2Br)c1C(=O)O. The van der Waals surface area contributed by atoms with Crippen LogP contribution >= 0.6 is 15.9 Å². The summed E-state index contributed by atoms with van der Waals surface area (Å²) < 4.78 is 2.21. The summed E-state index contributed by atoms with van der Waals surface area (Å²) >= 11 is 3.40. The molecule has 0 saturated heterocycles. The number of carboxylic acid groups (broad SMARTS) is 1. The second-order valence-electron chi connectivity index (χ2n) is 3.32. The molecule has 1 aromatic carbocycles. The second kappa shape index (κ2) is 4.09. The fraction of sp³-hybridized carbons (Fsp3) is 0.0909. The fourth-order valence-corrected chi connectivity index (χ4v) is 2.07. The van der Waals surface area contributed by atoms with E-state index in [-0.39, 0.29) is 5.69 Å². The Morgan fingerprint density at radius 1 is 1.38 bits per heavy atom. The molecular formula is C11H9BrN2O2. The minimum absolute atomic E-state index is 0.187. The smallest absolute Gasteiger partial charge is 0.354 e. The van der Waals surface area contributed by atoms with Gasteiger partial charge in [0, 0.05) is 17.1 Å². The summed E-state index contributed by atoms with van der Waals surface area (Å²) in [5.41, 5.74) is 1.63. The largest absolute Gasteiger partial charge is 0.477 e.